The fourth-order valence-corrected chi connectivity index (χ4v) is 14.0. The van der Waals surface area contributed by atoms with Gasteiger partial charge in [0.25, 0.3) is 0 Å². The molecule has 2 saturated heterocycles. The molecule has 2 bridgehead atoms. The van der Waals surface area contributed by atoms with Crippen LogP contribution in [-0.2, 0) is 39.8 Å². The molecule has 13 atom stereocenters. The highest BCUT2D eigenvalue weighted by Gasteiger charge is 2.81. The number of fused-ring (bicyclic) bond motifs is 5. The molecule has 13 heteroatoms. The third kappa shape index (κ3) is 5.43. The molecule has 3 N–H and O–H groups in total. The zero-order valence-electron chi connectivity index (χ0n) is 35.4. The third-order valence-corrected chi connectivity index (χ3v) is 16.0. The zero-order valence-corrected chi connectivity index (χ0v) is 35.4. The van der Waals surface area contributed by atoms with E-state index < -0.39 is 70.0 Å². The van der Waals surface area contributed by atoms with Gasteiger partial charge >= 0.3 is 17.9 Å². The number of aliphatic hydroxyl groups is 2. The molecule has 1 aromatic heterocycles. The summed E-state index contributed by atoms with van der Waals surface area (Å²) in [4.78, 5) is 52.5. The maximum Gasteiger partial charge on any atom is 0.344 e. The Morgan fingerprint density at radius 3 is 2.49 bits per heavy atom. The van der Waals surface area contributed by atoms with Crippen LogP contribution in [0.4, 0.5) is 0 Å². The lowest BCUT2D eigenvalue weighted by Gasteiger charge is -2.63. The number of allylic oxidation sites excluding steroid dienone is 1. The van der Waals surface area contributed by atoms with E-state index in [2.05, 4.69) is 45.2 Å². The van der Waals surface area contributed by atoms with Crippen LogP contribution < -0.4 is 0 Å². The number of hydrogen-bond donors (Lipinski definition) is 3. The molecular formula is C46H60N4O9. The monoisotopic (exact) mass is 812 g/mol. The van der Waals surface area contributed by atoms with E-state index in [0.717, 1.165) is 40.0 Å². The van der Waals surface area contributed by atoms with Crippen LogP contribution in [0, 0.1) is 28.6 Å². The van der Waals surface area contributed by atoms with Crippen molar-refractivity contribution in [2.24, 2.45) is 28.6 Å². The largest absolute Gasteiger partial charge is 0.468 e. The Bertz CT molecular complexity index is 2150. The standard InChI is InChI=1S/C46H60N4O9/c1-8-43(54)23-27-24-49(25-43)21-17-29-28-13-10-11-14-32(28)47-35(29)34(38(52)57-6)33(27)30-15-16-31-36(37(30)56-5)48(4)40-45(31)19-22-50-20-12-18-44(9-2,39(45)50)41(59-26(3)51)46(40,55)42(53)58-7/h10-16,18,27,30,33-34,37,39-41,47,54-55H,8-9,17,19-25H2,1-7H3/t27-,30?,33-,34-,37?,39+,40-,41-,43+,44-,45-,46+/m1/s1. The van der Waals surface area contributed by atoms with Crippen LogP contribution in [0.25, 0.3) is 10.9 Å². The lowest BCUT2D eigenvalue weighted by atomic mass is 9.47. The first-order valence-electron chi connectivity index (χ1n) is 21.5. The fraction of sp³-hybridized carbons (Fsp3) is 0.630. The highest BCUT2D eigenvalue weighted by molar-refractivity contribution is 5.89. The summed E-state index contributed by atoms with van der Waals surface area (Å²) in [6, 6.07) is 7.06. The van der Waals surface area contributed by atoms with E-state index in [9.17, 15) is 24.6 Å². The van der Waals surface area contributed by atoms with Gasteiger partial charge in [-0.3, -0.25) is 19.4 Å². The summed E-state index contributed by atoms with van der Waals surface area (Å²) in [6.45, 7) is 8.73. The van der Waals surface area contributed by atoms with E-state index in [-0.39, 0.29) is 17.9 Å². The number of aromatic amines is 1. The van der Waals surface area contributed by atoms with Crippen molar-refractivity contribution in [3.05, 3.63) is 71.1 Å². The summed E-state index contributed by atoms with van der Waals surface area (Å²) in [5.74, 6) is -3.48. The average Bonchev–Trinajstić information content (AvgIpc) is 3.89. The van der Waals surface area contributed by atoms with Crippen molar-refractivity contribution in [2.75, 3.05) is 61.1 Å². The van der Waals surface area contributed by atoms with Crippen molar-refractivity contribution in [1.82, 2.24) is 19.7 Å². The predicted molar refractivity (Wildman–Crippen MR) is 219 cm³/mol. The Morgan fingerprint density at radius 1 is 1.02 bits per heavy atom. The van der Waals surface area contributed by atoms with Gasteiger partial charge in [-0.15, -0.1) is 0 Å². The van der Waals surface area contributed by atoms with Gasteiger partial charge in [0.1, 0.15) is 12.0 Å². The number of piperidine rings is 1. The smallest absolute Gasteiger partial charge is 0.344 e. The molecule has 318 valence electrons. The highest BCUT2D eigenvalue weighted by atomic mass is 16.6. The van der Waals surface area contributed by atoms with Crippen molar-refractivity contribution >= 4 is 28.8 Å². The number of para-hydroxylation sites is 1. The van der Waals surface area contributed by atoms with Gasteiger partial charge in [-0.25, -0.2) is 4.79 Å². The fourth-order valence-electron chi connectivity index (χ4n) is 14.0. The molecule has 6 heterocycles. The van der Waals surface area contributed by atoms with Gasteiger partial charge in [0.05, 0.1) is 25.9 Å². The Balaban J connectivity index is 1.25. The van der Waals surface area contributed by atoms with Gasteiger partial charge in [-0.05, 0) is 67.7 Å². The molecule has 1 aromatic carbocycles. The van der Waals surface area contributed by atoms with Crippen LogP contribution in [0.2, 0.25) is 0 Å². The topological polar surface area (TPSA) is 154 Å². The van der Waals surface area contributed by atoms with Crippen LogP contribution >= 0.6 is 0 Å². The van der Waals surface area contributed by atoms with Crippen molar-refractivity contribution in [3.63, 3.8) is 0 Å². The van der Waals surface area contributed by atoms with E-state index in [4.69, 9.17) is 18.9 Å². The molecule has 59 heavy (non-hydrogen) atoms. The molecule has 7 aliphatic rings. The van der Waals surface area contributed by atoms with E-state index in [1.165, 1.54) is 21.1 Å². The van der Waals surface area contributed by atoms with Gasteiger partial charge < -0.3 is 39.0 Å². The van der Waals surface area contributed by atoms with Gasteiger partial charge in [-0.2, -0.15) is 0 Å². The maximum absolute atomic E-state index is 14.6. The molecule has 2 aliphatic carbocycles. The summed E-state index contributed by atoms with van der Waals surface area (Å²) >= 11 is 0. The number of benzene rings is 1. The van der Waals surface area contributed by atoms with Crippen LogP contribution in [0.1, 0.15) is 63.6 Å². The van der Waals surface area contributed by atoms with Crippen LogP contribution in [-0.4, -0.2) is 144 Å². The summed E-state index contributed by atoms with van der Waals surface area (Å²) in [5.41, 5.74) is -0.262. The van der Waals surface area contributed by atoms with E-state index in [1.807, 2.05) is 44.0 Å². The van der Waals surface area contributed by atoms with Crippen molar-refractivity contribution < 1.29 is 43.5 Å². The van der Waals surface area contributed by atoms with E-state index >= 15 is 0 Å². The van der Waals surface area contributed by atoms with Crippen LogP contribution in [0.3, 0.4) is 0 Å². The van der Waals surface area contributed by atoms with Crippen LogP contribution in [0.5, 0.6) is 0 Å². The summed E-state index contributed by atoms with van der Waals surface area (Å²) in [5, 5.41) is 26.6. The molecule has 9 rings (SSSR count). The Hall–Kier alpha value is -4.01. The minimum Gasteiger partial charge on any atom is -0.468 e. The number of nitrogens with one attached hydrogen (secondary N) is 1. The molecule has 1 saturated carbocycles. The zero-order chi connectivity index (χ0) is 41.8. The predicted octanol–water partition coefficient (Wildman–Crippen LogP) is 3.71. The second kappa shape index (κ2) is 14.3. The minimum absolute atomic E-state index is 0.143. The van der Waals surface area contributed by atoms with Crippen molar-refractivity contribution in [1.29, 1.82) is 0 Å². The first-order chi connectivity index (χ1) is 28.3. The highest BCUT2D eigenvalue weighted by Crippen LogP contribution is 2.69. The van der Waals surface area contributed by atoms with E-state index in [0.29, 0.717) is 58.3 Å². The quantitative estimate of drug-likeness (QED) is 0.212. The van der Waals surface area contributed by atoms with Gasteiger partial charge in [-0.1, -0.05) is 56.4 Å². The SMILES string of the molecule is CC[C@]1(O)C[C@@H]2CN(CCc3c([nH]c4ccccc34)[C@H](C(=O)OC)[C@H]2C2C=CC3=C(C2OC)N(C)[C@H]2[C@@](O)(C(=O)OC)[C@H](OC(C)=O)[C@]4(CC)C=CCN5CC[C@]32[C@@H]54)C1. The summed E-state index contributed by atoms with van der Waals surface area (Å²) < 4.78 is 24.1. The molecule has 0 amide bonds. The number of ether oxygens (including phenoxy) is 4. The number of rotatable bonds is 7. The van der Waals surface area contributed by atoms with Crippen molar-refractivity contribution in [3.8, 4) is 0 Å². The lowest BCUT2D eigenvalue weighted by molar-refractivity contribution is -0.245. The van der Waals surface area contributed by atoms with Crippen LogP contribution in [0.15, 0.2) is 59.8 Å². The number of esters is 3. The normalized spacial score (nSPS) is 41.0. The second-order valence-corrected chi connectivity index (χ2v) is 18.4. The molecule has 0 radical (unpaired) electrons. The molecule has 3 unspecified atom stereocenters. The Morgan fingerprint density at radius 2 is 1.80 bits per heavy atom. The molecular weight excluding hydrogens is 753 g/mol. The van der Waals surface area contributed by atoms with Crippen molar-refractivity contribution in [2.45, 2.75) is 94.3 Å². The number of carbonyl (C=O) groups excluding carboxylic acids is 3. The molecule has 3 fully saturated rings. The minimum atomic E-state index is -2.27. The third-order valence-electron chi connectivity index (χ3n) is 16.0. The second-order valence-electron chi connectivity index (χ2n) is 18.4. The van der Waals surface area contributed by atoms with Gasteiger partial charge in [0.2, 0.25) is 5.60 Å². The number of methoxy groups -OCH3 is 3. The number of hydrogen-bond acceptors (Lipinski definition) is 12. The Kier molecular flexibility index (Phi) is 9.79. The van der Waals surface area contributed by atoms with E-state index in [1.54, 1.807) is 7.11 Å². The number of carbonyl (C=O) groups is 3. The molecule has 2 aromatic rings. The van der Waals surface area contributed by atoms with Gasteiger partial charge in [0, 0.05) is 92.3 Å². The molecule has 5 aliphatic heterocycles. The maximum atomic E-state index is 14.6. The van der Waals surface area contributed by atoms with Gasteiger partial charge in [0.15, 0.2) is 6.10 Å². The lowest BCUT2D eigenvalue weighted by Crippen LogP contribution is -2.80. The summed E-state index contributed by atoms with van der Waals surface area (Å²) in [7, 11) is 6.31. The number of aromatic nitrogens is 1. The average molecular weight is 813 g/mol. The molecule has 1 spiro atoms. The Labute approximate surface area is 346 Å². The summed E-state index contributed by atoms with van der Waals surface area (Å²) in [6.07, 6.45) is 9.55. The molecule has 13 nitrogen and oxygen atoms in total. The first-order valence-corrected chi connectivity index (χ1v) is 21.5. The number of nitrogens with zero attached hydrogens (tertiary/aromatic N) is 3. The number of H-pyrrole nitrogens is 1. The first kappa shape index (κ1) is 40.4. The number of likely N-dealkylation sites (N-methyl/N-ethyl adjacent to an activating group) is 1.